The second-order valence-electron chi connectivity index (χ2n) is 1.53. The van der Waals surface area contributed by atoms with Crippen LogP contribution in [-0.2, 0) is 9.30 Å². The molecule has 0 aromatic rings. The third-order valence-corrected chi connectivity index (χ3v) is 2.18. The minimum atomic E-state index is -1.36. The first kappa shape index (κ1) is 8.19. The number of rotatable bonds is 4. The molecule has 0 saturated heterocycles. The minimum Gasteiger partial charge on any atom is -0.374 e. The van der Waals surface area contributed by atoms with Crippen LogP contribution >= 0.6 is 7.80 Å². The van der Waals surface area contributed by atoms with Crippen LogP contribution in [0.25, 0.3) is 0 Å². The van der Waals surface area contributed by atoms with Gasteiger partial charge in [0.15, 0.2) is 0 Å². The molecular weight excluding hydrogens is 123 g/mol. The van der Waals surface area contributed by atoms with E-state index in [1.807, 2.05) is 13.8 Å². The lowest BCUT2D eigenvalue weighted by atomic mass is 10.9. The van der Waals surface area contributed by atoms with Gasteiger partial charge in [-0.1, -0.05) is 6.92 Å². The molecule has 0 spiro atoms. The van der Waals surface area contributed by atoms with Gasteiger partial charge >= 0.3 is 0 Å². The van der Waals surface area contributed by atoms with Gasteiger partial charge in [-0.05, 0) is 13.1 Å². The summed E-state index contributed by atoms with van der Waals surface area (Å²) in [6.07, 6.45) is 1.24. The molecule has 0 aromatic carbocycles. The summed E-state index contributed by atoms with van der Waals surface area (Å²) in [7, 11) is -1.36. The molecule has 0 N–H and O–H groups in total. The van der Waals surface area contributed by atoms with Gasteiger partial charge in [0.1, 0.15) is 7.80 Å². The van der Waals surface area contributed by atoms with E-state index in [0.717, 1.165) is 6.16 Å². The highest BCUT2D eigenvalue weighted by atomic mass is 31.1. The fraction of sp³-hybridized carbons (Fsp3) is 1.00. The third-order valence-electron chi connectivity index (χ3n) is 0.862. The van der Waals surface area contributed by atoms with Crippen molar-refractivity contribution in [1.82, 2.24) is 0 Å². The molecule has 50 valence electrons. The molecular formula is C5H13O2P. The van der Waals surface area contributed by atoms with Crippen molar-refractivity contribution >= 4 is 7.80 Å². The van der Waals surface area contributed by atoms with E-state index in [2.05, 4.69) is 0 Å². The van der Waals surface area contributed by atoms with Crippen molar-refractivity contribution in [2.24, 2.45) is 0 Å². The van der Waals surface area contributed by atoms with E-state index in [4.69, 9.17) is 4.74 Å². The fourth-order valence-electron chi connectivity index (χ4n) is 0.318. The van der Waals surface area contributed by atoms with Crippen LogP contribution in [0.2, 0.25) is 0 Å². The summed E-state index contributed by atoms with van der Waals surface area (Å²) in [6.45, 7) is 4.50. The van der Waals surface area contributed by atoms with Crippen molar-refractivity contribution in [2.45, 2.75) is 13.8 Å². The Bertz CT molecular complexity index is 72.8. The van der Waals surface area contributed by atoms with E-state index >= 15 is 0 Å². The lowest BCUT2D eigenvalue weighted by molar-refractivity contribution is 0.193. The molecule has 1 unspecified atom stereocenters. The Kier molecular flexibility index (Phi) is 5.46. The van der Waals surface area contributed by atoms with E-state index in [9.17, 15) is 4.57 Å². The Hall–Kier alpha value is 0.190. The zero-order valence-electron chi connectivity index (χ0n) is 5.44. The third kappa shape index (κ3) is 4.35. The highest BCUT2D eigenvalue weighted by molar-refractivity contribution is 7.44. The standard InChI is InChI=1S/C5H13O2P/c1-3-7-5-8(6)4-2/h8H,3-5H2,1-2H3. The SMILES string of the molecule is CCOC[PH](=O)CC. The summed E-state index contributed by atoms with van der Waals surface area (Å²) in [5.41, 5.74) is 0. The lowest BCUT2D eigenvalue weighted by Crippen LogP contribution is -1.87. The Morgan fingerprint density at radius 3 is 2.50 bits per heavy atom. The van der Waals surface area contributed by atoms with Crippen LogP contribution in [0.5, 0.6) is 0 Å². The van der Waals surface area contributed by atoms with E-state index in [1.54, 1.807) is 0 Å². The Balaban J connectivity index is 2.99. The first-order valence-electron chi connectivity index (χ1n) is 2.90. The molecule has 0 rings (SSSR count). The highest BCUT2D eigenvalue weighted by Gasteiger charge is 1.91. The number of hydrogen-bond donors (Lipinski definition) is 0. The average Bonchev–Trinajstić information content (AvgIpc) is 1.83. The quantitative estimate of drug-likeness (QED) is 0.548. The fourth-order valence-corrected chi connectivity index (χ4v) is 0.954. The van der Waals surface area contributed by atoms with Crippen LogP contribution in [0.4, 0.5) is 0 Å². The average molecular weight is 136 g/mol. The first-order valence-corrected chi connectivity index (χ1v) is 4.73. The van der Waals surface area contributed by atoms with Crippen molar-refractivity contribution in [3.8, 4) is 0 Å². The van der Waals surface area contributed by atoms with E-state index in [1.165, 1.54) is 0 Å². The molecule has 0 aliphatic heterocycles. The van der Waals surface area contributed by atoms with E-state index in [0.29, 0.717) is 13.0 Å². The minimum absolute atomic E-state index is 0.470. The van der Waals surface area contributed by atoms with E-state index < -0.39 is 7.80 Å². The first-order chi connectivity index (χ1) is 3.81. The summed E-state index contributed by atoms with van der Waals surface area (Å²) in [4.78, 5) is 0. The van der Waals surface area contributed by atoms with Gasteiger partial charge in [-0.2, -0.15) is 0 Å². The smallest absolute Gasteiger partial charge is 0.100 e. The van der Waals surface area contributed by atoms with Gasteiger partial charge in [-0.25, -0.2) is 0 Å². The summed E-state index contributed by atoms with van der Waals surface area (Å²) >= 11 is 0. The lowest BCUT2D eigenvalue weighted by Gasteiger charge is -1.96. The van der Waals surface area contributed by atoms with Crippen LogP contribution in [0.1, 0.15) is 13.8 Å². The molecule has 2 nitrogen and oxygen atoms in total. The maximum atomic E-state index is 10.6. The second kappa shape index (κ2) is 5.33. The van der Waals surface area contributed by atoms with Crippen molar-refractivity contribution in [3.63, 3.8) is 0 Å². The molecule has 0 aromatic heterocycles. The summed E-state index contributed by atoms with van der Waals surface area (Å²) in [5.74, 6) is 0. The molecule has 0 heterocycles. The van der Waals surface area contributed by atoms with Crippen LogP contribution in [0, 0.1) is 0 Å². The Morgan fingerprint density at radius 1 is 1.50 bits per heavy atom. The maximum absolute atomic E-state index is 10.6. The summed E-state index contributed by atoms with van der Waals surface area (Å²) in [6, 6.07) is 0. The normalized spacial score (nSPS) is 13.8. The highest BCUT2D eigenvalue weighted by Crippen LogP contribution is 2.17. The van der Waals surface area contributed by atoms with Crippen molar-refractivity contribution in [2.75, 3.05) is 19.1 Å². The van der Waals surface area contributed by atoms with Crippen LogP contribution in [0.3, 0.4) is 0 Å². The zero-order valence-corrected chi connectivity index (χ0v) is 6.44. The molecule has 0 saturated carbocycles. The van der Waals surface area contributed by atoms with Gasteiger partial charge < -0.3 is 9.30 Å². The number of ether oxygens (including phenoxy) is 1. The molecule has 0 amide bonds. The van der Waals surface area contributed by atoms with E-state index in [-0.39, 0.29) is 0 Å². The topological polar surface area (TPSA) is 26.3 Å². The van der Waals surface area contributed by atoms with Gasteiger partial charge in [-0.15, -0.1) is 0 Å². The van der Waals surface area contributed by atoms with Crippen molar-refractivity contribution in [1.29, 1.82) is 0 Å². The Labute approximate surface area is 51.0 Å². The molecule has 0 bridgehead atoms. The van der Waals surface area contributed by atoms with Gasteiger partial charge in [0.2, 0.25) is 0 Å². The van der Waals surface area contributed by atoms with Crippen LogP contribution in [-0.4, -0.2) is 19.1 Å². The maximum Gasteiger partial charge on any atom is 0.100 e. The summed E-state index contributed by atoms with van der Waals surface area (Å²) in [5, 5.41) is 0. The second-order valence-corrected chi connectivity index (χ2v) is 3.60. The van der Waals surface area contributed by atoms with Gasteiger partial charge in [0.05, 0.1) is 6.35 Å². The van der Waals surface area contributed by atoms with Crippen LogP contribution < -0.4 is 0 Å². The molecule has 1 atom stereocenters. The van der Waals surface area contributed by atoms with Gasteiger partial charge in [-0.3, -0.25) is 0 Å². The molecule has 0 radical (unpaired) electrons. The van der Waals surface area contributed by atoms with Gasteiger partial charge in [0.25, 0.3) is 0 Å². The predicted octanol–water partition coefficient (Wildman–Crippen LogP) is 1.56. The largest absolute Gasteiger partial charge is 0.374 e. The van der Waals surface area contributed by atoms with Crippen molar-refractivity contribution in [3.05, 3.63) is 0 Å². The van der Waals surface area contributed by atoms with Gasteiger partial charge in [0, 0.05) is 6.61 Å². The molecule has 8 heavy (non-hydrogen) atoms. The van der Waals surface area contributed by atoms with Crippen LogP contribution in [0.15, 0.2) is 0 Å². The predicted molar refractivity (Wildman–Crippen MR) is 36.0 cm³/mol. The molecule has 0 aliphatic carbocycles. The molecule has 3 heteroatoms. The molecule has 0 aliphatic rings. The Morgan fingerprint density at radius 2 is 2.12 bits per heavy atom. The number of hydrogen-bond acceptors (Lipinski definition) is 2. The van der Waals surface area contributed by atoms with Crippen molar-refractivity contribution < 1.29 is 9.30 Å². The molecule has 0 fully saturated rings. The monoisotopic (exact) mass is 136 g/mol. The summed E-state index contributed by atoms with van der Waals surface area (Å²) < 4.78 is 15.5. The zero-order chi connectivity index (χ0) is 6.41.